The van der Waals surface area contributed by atoms with Crippen LogP contribution in [-0.4, -0.2) is 20.3 Å². The van der Waals surface area contributed by atoms with Gasteiger partial charge >= 0.3 is 0 Å². The van der Waals surface area contributed by atoms with E-state index in [1.54, 1.807) is 24.7 Å². The molecule has 2 heterocycles. The van der Waals surface area contributed by atoms with Crippen molar-refractivity contribution in [3.8, 4) is 0 Å². The Kier molecular flexibility index (Phi) is 4.27. The molecule has 0 spiro atoms. The zero-order chi connectivity index (χ0) is 9.36. The van der Waals surface area contributed by atoms with Crippen LogP contribution < -0.4 is 0 Å². The van der Waals surface area contributed by atoms with Crippen LogP contribution in [0.2, 0.25) is 0 Å². The third kappa shape index (κ3) is 4.03. The van der Waals surface area contributed by atoms with E-state index in [1.807, 2.05) is 18.2 Å². The highest BCUT2D eigenvalue weighted by molar-refractivity contribution is 5.01. The van der Waals surface area contributed by atoms with Crippen LogP contribution in [0.1, 0.15) is 5.69 Å². The van der Waals surface area contributed by atoms with Crippen LogP contribution >= 0.6 is 0 Å². The first kappa shape index (κ1) is 9.41. The Morgan fingerprint density at radius 3 is 2.46 bits per heavy atom. The number of rotatable bonds is 1. The molecule has 0 amide bonds. The summed E-state index contributed by atoms with van der Waals surface area (Å²) in [7, 11) is 0. The fourth-order valence-electron chi connectivity index (χ4n) is 0.707. The van der Waals surface area contributed by atoms with Gasteiger partial charge in [-0.3, -0.25) is 10.1 Å². The zero-order valence-electron chi connectivity index (χ0n) is 7.09. The molecule has 13 heavy (non-hydrogen) atoms. The van der Waals surface area contributed by atoms with Crippen molar-refractivity contribution in [2.24, 2.45) is 0 Å². The Morgan fingerprint density at radius 2 is 2.15 bits per heavy atom. The number of aliphatic hydroxyl groups is 1. The quantitative estimate of drug-likeness (QED) is 0.682. The highest BCUT2D eigenvalue weighted by atomic mass is 16.3. The first-order chi connectivity index (χ1) is 6.43. The highest BCUT2D eigenvalue weighted by Gasteiger charge is 1.82. The van der Waals surface area contributed by atoms with E-state index in [0.29, 0.717) is 5.69 Å². The number of hydrogen-bond donors (Lipinski definition) is 2. The number of aromatic amines is 1. The summed E-state index contributed by atoms with van der Waals surface area (Å²) in [6.45, 7) is 0.0286. The van der Waals surface area contributed by atoms with E-state index in [-0.39, 0.29) is 6.61 Å². The molecule has 4 heteroatoms. The van der Waals surface area contributed by atoms with Gasteiger partial charge in [0.25, 0.3) is 0 Å². The minimum Gasteiger partial charge on any atom is -0.390 e. The van der Waals surface area contributed by atoms with Crippen molar-refractivity contribution in [1.82, 2.24) is 15.2 Å². The van der Waals surface area contributed by atoms with E-state index in [2.05, 4.69) is 15.2 Å². The summed E-state index contributed by atoms with van der Waals surface area (Å²) in [6, 6.07) is 7.28. The summed E-state index contributed by atoms with van der Waals surface area (Å²) in [5.74, 6) is 0. The Bertz CT molecular complexity index is 277. The molecule has 0 aliphatic rings. The minimum atomic E-state index is 0.0286. The van der Waals surface area contributed by atoms with Gasteiger partial charge < -0.3 is 5.11 Å². The SMILES string of the molecule is OCc1ccccn1.c1cn[nH]c1. The molecule has 0 saturated heterocycles. The highest BCUT2D eigenvalue weighted by Crippen LogP contribution is 1.89. The molecule has 0 unspecified atom stereocenters. The fourth-order valence-corrected chi connectivity index (χ4v) is 0.707. The molecule has 0 fully saturated rings. The number of aromatic nitrogens is 3. The predicted octanol–water partition coefficient (Wildman–Crippen LogP) is 0.984. The second-order valence-corrected chi connectivity index (χ2v) is 2.25. The predicted molar refractivity (Wildman–Crippen MR) is 48.7 cm³/mol. The van der Waals surface area contributed by atoms with Gasteiger partial charge in [0.1, 0.15) is 0 Å². The average Bonchev–Trinajstić information content (AvgIpc) is 2.77. The van der Waals surface area contributed by atoms with Gasteiger partial charge in [0.2, 0.25) is 0 Å². The van der Waals surface area contributed by atoms with E-state index in [1.165, 1.54) is 0 Å². The molecule has 2 rings (SSSR count). The molecule has 68 valence electrons. The number of H-pyrrole nitrogens is 1. The van der Waals surface area contributed by atoms with Crippen molar-refractivity contribution in [3.63, 3.8) is 0 Å². The summed E-state index contributed by atoms with van der Waals surface area (Å²) in [5.41, 5.74) is 0.715. The van der Waals surface area contributed by atoms with Crippen molar-refractivity contribution in [2.45, 2.75) is 6.61 Å². The summed E-state index contributed by atoms with van der Waals surface area (Å²) in [5, 5.41) is 14.7. The van der Waals surface area contributed by atoms with Gasteiger partial charge in [0, 0.05) is 18.6 Å². The van der Waals surface area contributed by atoms with E-state index < -0.39 is 0 Å². The lowest BCUT2D eigenvalue weighted by Gasteiger charge is -1.88. The largest absolute Gasteiger partial charge is 0.390 e. The number of pyridine rings is 1. The summed E-state index contributed by atoms with van der Waals surface area (Å²) < 4.78 is 0. The maximum Gasteiger partial charge on any atom is 0.0852 e. The van der Waals surface area contributed by atoms with Crippen LogP contribution in [0.15, 0.2) is 42.9 Å². The van der Waals surface area contributed by atoms with Gasteiger partial charge in [0.15, 0.2) is 0 Å². The molecular weight excluding hydrogens is 166 g/mol. The minimum absolute atomic E-state index is 0.0286. The van der Waals surface area contributed by atoms with Crippen LogP contribution in [-0.2, 0) is 6.61 Å². The van der Waals surface area contributed by atoms with Crippen LogP contribution in [0.4, 0.5) is 0 Å². The monoisotopic (exact) mass is 177 g/mol. The second kappa shape index (κ2) is 5.91. The maximum absolute atomic E-state index is 8.48. The van der Waals surface area contributed by atoms with Crippen LogP contribution in [0.3, 0.4) is 0 Å². The van der Waals surface area contributed by atoms with Crippen molar-refractivity contribution in [2.75, 3.05) is 0 Å². The van der Waals surface area contributed by atoms with Crippen molar-refractivity contribution in [1.29, 1.82) is 0 Å². The number of aliphatic hydroxyl groups excluding tert-OH is 1. The molecule has 2 N–H and O–H groups in total. The standard InChI is InChI=1S/C6H7NO.C3H4N2/c8-5-6-3-1-2-4-7-6;1-2-4-5-3-1/h1-4,8H,5H2;1-3H,(H,4,5). The average molecular weight is 177 g/mol. The topological polar surface area (TPSA) is 61.8 Å². The van der Waals surface area contributed by atoms with Gasteiger partial charge in [-0.1, -0.05) is 6.07 Å². The molecule has 0 bridgehead atoms. The Hall–Kier alpha value is -1.68. The normalized spacial score (nSPS) is 8.69. The lowest BCUT2D eigenvalue weighted by Crippen LogP contribution is -1.84. The number of nitrogens with one attached hydrogen (secondary N) is 1. The summed E-state index contributed by atoms with van der Waals surface area (Å²) >= 11 is 0. The van der Waals surface area contributed by atoms with Gasteiger partial charge in [-0.15, -0.1) is 0 Å². The van der Waals surface area contributed by atoms with Crippen molar-refractivity contribution in [3.05, 3.63) is 48.5 Å². The third-order valence-corrected chi connectivity index (χ3v) is 1.29. The van der Waals surface area contributed by atoms with Gasteiger partial charge in [-0.2, -0.15) is 5.10 Å². The molecule has 4 nitrogen and oxygen atoms in total. The van der Waals surface area contributed by atoms with E-state index in [9.17, 15) is 0 Å². The Morgan fingerprint density at radius 1 is 1.23 bits per heavy atom. The van der Waals surface area contributed by atoms with E-state index >= 15 is 0 Å². The molecule has 0 aromatic carbocycles. The molecule has 0 aliphatic heterocycles. The van der Waals surface area contributed by atoms with Gasteiger partial charge in [0.05, 0.1) is 12.3 Å². The summed E-state index contributed by atoms with van der Waals surface area (Å²) in [4.78, 5) is 3.85. The fraction of sp³-hybridized carbons (Fsp3) is 0.111. The van der Waals surface area contributed by atoms with Gasteiger partial charge in [-0.05, 0) is 18.2 Å². The first-order valence-electron chi connectivity index (χ1n) is 3.88. The molecular formula is C9H11N3O. The molecule has 0 atom stereocenters. The molecule has 0 aliphatic carbocycles. The zero-order valence-corrected chi connectivity index (χ0v) is 7.09. The molecule has 2 aromatic heterocycles. The van der Waals surface area contributed by atoms with Crippen LogP contribution in [0, 0.1) is 0 Å². The first-order valence-corrected chi connectivity index (χ1v) is 3.88. The van der Waals surface area contributed by atoms with Crippen molar-refractivity contribution >= 4 is 0 Å². The number of nitrogens with zero attached hydrogens (tertiary/aromatic N) is 2. The Balaban J connectivity index is 0.000000145. The van der Waals surface area contributed by atoms with Crippen LogP contribution in [0.25, 0.3) is 0 Å². The lowest BCUT2D eigenvalue weighted by atomic mass is 10.4. The van der Waals surface area contributed by atoms with Crippen molar-refractivity contribution < 1.29 is 5.11 Å². The lowest BCUT2D eigenvalue weighted by molar-refractivity contribution is 0.277. The van der Waals surface area contributed by atoms with Crippen LogP contribution in [0.5, 0.6) is 0 Å². The second-order valence-electron chi connectivity index (χ2n) is 2.25. The molecule has 2 aromatic rings. The van der Waals surface area contributed by atoms with Gasteiger partial charge in [-0.25, -0.2) is 0 Å². The van der Waals surface area contributed by atoms with E-state index in [0.717, 1.165) is 0 Å². The summed E-state index contributed by atoms with van der Waals surface area (Å²) in [6.07, 6.45) is 5.12. The molecule has 0 saturated carbocycles. The third-order valence-electron chi connectivity index (χ3n) is 1.29. The Labute approximate surface area is 76.3 Å². The maximum atomic E-state index is 8.48. The van der Waals surface area contributed by atoms with E-state index in [4.69, 9.17) is 5.11 Å². The smallest absolute Gasteiger partial charge is 0.0852 e. The number of hydrogen-bond acceptors (Lipinski definition) is 3. The molecule has 0 radical (unpaired) electrons.